The Labute approximate surface area is 124 Å². The van der Waals surface area contributed by atoms with Crippen LogP contribution in [0.2, 0.25) is 0 Å². The SMILES string of the molecule is COc1ncccc1C(=O)Nc1ccc(N(C)C)cc1C. The van der Waals surface area contributed by atoms with Crippen molar-refractivity contribution in [2.45, 2.75) is 6.92 Å². The Bertz CT molecular complexity index is 654. The Hall–Kier alpha value is -2.56. The van der Waals surface area contributed by atoms with E-state index in [0.717, 1.165) is 16.9 Å². The first-order valence-corrected chi connectivity index (χ1v) is 6.61. The van der Waals surface area contributed by atoms with Gasteiger partial charge in [0.2, 0.25) is 5.88 Å². The third-order valence-electron chi connectivity index (χ3n) is 3.18. The molecule has 0 fully saturated rings. The molecule has 1 N–H and O–H groups in total. The molecule has 5 nitrogen and oxygen atoms in total. The summed E-state index contributed by atoms with van der Waals surface area (Å²) in [5, 5.41) is 2.89. The number of hydrogen-bond acceptors (Lipinski definition) is 4. The zero-order chi connectivity index (χ0) is 15.4. The predicted molar refractivity (Wildman–Crippen MR) is 84.2 cm³/mol. The number of aryl methyl sites for hydroxylation is 1. The van der Waals surface area contributed by atoms with E-state index in [1.807, 2.05) is 44.1 Å². The minimum atomic E-state index is -0.236. The summed E-state index contributed by atoms with van der Waals surface area (Å²) in [4.78, 5) is 18.4. The van der Waals surface area contributed by atoms with Crippen molar-refractivity contribution in [1.82, 2.24) is 4.98 Å². The molecular formula is C16H19N3O2. The number of nitrogens with one attached hydrogen (secondary N) is 1. The smallest absolute Gasteiger partial charge is 0.261 e. The summed E-state index contributed by atoms with van der Waals surface area (Å²) in [5.41, 5.74) is 3.27. The molecular weight excluding hydrogens is 266 g/mol. The first kappa shape index (κ1) is 14.8. The van der Waals surface area contributed by atoms with Crippen molar-refractivity contribution < 1.29 is 9.53 Å². The van der Waals surface area contributed by atoms with Gasteiger partial charge in [-0.05, 0) is 42.8 Å². The van der Waals surface area contributed by atoms with Gasteiger partial charge in [0.15, 0.2) is 0 Å². The molecule has 2 rings (SSSR count). The van der Waals surface area contributed by atoms with Crippen LogP contribution in [0.25, 0.3) is 0 Å². The number of ether oxygens (including phenoxy) is 1. The molecule has 1 aromatic carbocycles. The summed E-state index contributed by atoms with van der Waals surface area (Å²) < 4.78 is 5.11. The fourth-order valence-electron chi connectivity index (χ4n) is 1.98. The molecule has 0 radical (unpaired) electrons. The third-order valence-corrected chi connectivity index (χ3v) is 3.18. The lowest BCUT2D eigenvalue weighted by atomic mass is 10.1. The quantitative estimate of drug-likeness (QED) is 0.938. The lowest BCUT2D eigenvalue weighted by Crippen LogP contribution is -2.15. The molecule has 110 valence electrons. The van der Waals surface area contributed by atoms with E-state index in [4.69, 9.17) is 4.74 Å². The molecule has 21 heavy (non-hydrogen) atoms. The Balaban J connectivity index is 2.24. The first-order chi connectivity index (χ1) is 10.0. The minimum Gasteiger partial charge on any atom is -0.480 e. The number of rotatable bonds is 4. The number of carbonyl (C=O) groups excluding carboxylic acids is 1. The van der Waals surface area contributed by atoms with Crippen molar-refractivity contribution in [3.8, 4) is 5.88 Å². The van der Waals surface area contributed by atoms with Crippen LogP contribution in [0.5, 0.6) is 5.88 Å². The number of carbonyl (C=O) groups is 1. The summed E-state index contributed by atoms with van der Waals surface area (Å²) in [6.45, 7) is 1.96. The van der Waals surface area contributed by atoms with Gasteiger partial charge in [0.05, 0.1) is 7.11 Å². The maximum atomic E-state index is 12.3. The second-order valence-electron chi connectivity index (χ2n) is 4.91. The van der Waals surface area contributed by atoms with Crippen LogP contribution in [0.15, 0.2) is 36.5 Å². The summed E-state index contributed by atoms with van der Waals surface area (Å²) in [5.74, 6) is 0.0817. The zero-order valence-electron chi connectivity index (χ0n) is 12.7. The van der Waals surface area contributed by atoms with E-state index in [9.17, 15) is 4.79 Å². The van der Waals surface area contributed by atoms with Gasteiger partial charge in [-0.25, -0.2) is 4.98 Å². The molecule has 0 aliphatic rings. The molecule has 0 bridgehead atoms. The lowest BCUT2D eigenvalue weighted by Gasteiger charge is -2.15. The van der Waals surface area contributed by atoms with Crippen LogP contribution < -0.4 is 15.0 Å². The van der Waals surface area contributed by atoms with E-state index in [1.54, 1.807) is 18.3 Å². The summed E-state index contributed by atoms with van der Waals surface area (Å²) >= 11 is 0. The van der Waals surface area contributed by atoms with E-state index in [2.05, 4.69) is 10.3 Å². The number of anilines is 2. The van der Waals surface area contributed by atoms with Gasteiger partial charge in [-0.15, -0.1) is 0 Å². The van der Waals surface area contributed by atoms with Crippen molar-refractivity contribution >= 4 is 17.3 Å². The molecule has 0 aliphatic heterocycles. The molecule has 0 saturated heterocycles. The minimum absolute atomic E-state index is 0.236. The van der Waals surface area contributed by atoms with E-state index in [0.29, 0.717) is 11.4 Å². The molecule has 0 saturated carbocycles. The van der Waals surface area contributed by atoms with Gasteiger partial charge in [0.25, 0.3) is 5.91 Å². The molecule has 1 heterocycles. The highest BCUT2D eigenvalue weighted by Crippen LogP contribution is 2.23. The Morgan fingerprint density at radius 3 is 2.67 bits per heavy atom. The first-order valence-electron chi connectivity index (χ1n) is 6.61. The highest BCUT2D eigenvalue weighted by atomic mass is 16.5. The van der Waals surface area contributed by atoms with Crippen molar-refractivity contribution in [3.05, 3.63) is 47.7 Å². The lowest BCUT2D eigenvalue weighted by molar-refractivity contribution is 0.102. The standard InChI is InChI=1S/C16H19N3O2/c1-11-10-12(19(2)3)7-8-14(11)18-15(20)13-6-5-9-17-16(13)21-4/h5-10H,1-4H3,(H,18,20). The van der Waals surface area contributed by atoms with Crippen LogP contribution in [-0.2, 0) is 0 Å². The fraction of sp³-hybridized carbons (Fsp3) is 0.250. The molecule has 0 unspecified atom stereocenters. The largest absolute Gasteiger partial charge is 0.480 e. The van der Waals surface area contributed by atoms with Crippen LogP contribution >= 0.6 is 0 Å². The summed E-state index contributed by atoms with van der Waals surface area (Å²) in [6, 6.07) is 9.27. The summed E-state index contributed by atoms with van der Waals surface area (Å²) in [6.07, 6.45) is 1.59. The number of nitrogens with zero attached hydrogens (tertiary/aromatic N) is 2. The zero-order valence-corrected chi connectivity index (χ0v) is 12.7. The van der Waals surface area contributed by atoms with E-state index in [-0.39, 0.29) is 5.91 Å². The molecule has 0 atom stereocenters. The Morgan fingerprint density at radius 1 is 1.29 bits per heavy atom. The highest BCUT2D eigenvalue weighted by molar-refractivity contribution is 6.06. The highest BCUT2D eigenvalue weighted by Gasteiger charge is 2.14. The van der Waals surface area contributed by atoms with Crippen LogP contribution in [-0.4, -0.2) is 32.1 Å². The predicted octanol–water partition coefficient (Wildman–Crippen LogP) is 2.72. The summed E-state index contributed by atoms with van der Waals surface area (Å²) in [7, 11) is 5.46. The molecule has 0 aliphatic carbocycles. The van der Waals surface area contributed by atoms with Crippen LogP contribution in [0.3, 0.4) is 0 Å². The van der Waals surface area contributed by atoms with Crippen LogP contribution in [0, 0.1) is 6.92 Å². The Morgan fingerprint density at radius 2 is 2.05 bits per heavy atom. The monoisotopic (exact) mass is 285 g/mol. The molecule has 1 aromatic heterocycles. The fourth-order valence-corrected chi connectivity index (χ4v) is 1.98. The maximum Gasteiger partial charge on any atom is 0.261 e. The van der Waals surface area contributed by atoms with E-state index < -0.39 is 0 Å². The van der Waals surface area contributed by atoms with E-state index >= 15 is 0 Å². The molecule has 5 heteroatoms. The molecule has 2 aromatic rings. The molecule has 1 amide bonds. The normalized spacial score (nSPS) is 10.1. The average molecular weight is 285 g/mol. The van der Waals surface area contributed by atoms with Crippen LogP contribution in [0.4, 0.5) is 11.4 Å². The van der Waals surface area contributed by atoms with Gasteiger partial charge < -0.3 is 15.0 Å². The topological polar surface area (TPSA) is 54.5 Å². The number of aromatic nitrogens is 1. The van der Waals surface area contributed by atoms with Crippen molar-refractivity contribution in [3.63, 3.8) is 0 Å². The van der Waals surface area contributed by atoms with Crippen molar-refractivity contribution in [2.24, 2.45) is 0 Å². The van der Waals surface area contributed by atoms with Gasteiger partial charge in [0, 0.05) is 31.7 Å². The van der Waals surface area contributed by atoms with Gasteiger partial charge in [-0.1, -0.05) is 0 Å². The van der Waals surface area contributed by atoms with Gasteiger partial charge in [0.1, 0.15) is 5.56 Å². The van der Waals surface area contributed by atoms with Gasteiger partial charge in [-0.2, -0.15) is 0 Å². The average Bonchev–Trinajstić information content (AvgIpc) is 2.48. The van der Waals surface area contributed by atoms with Crippen molar-refractivity contribution in [1.29, 1.82) is 0 Å². The number of pyridine rings is 1. The van der Waals surface area contributed by atoms with Crippen LogP contribution in [0.1, 0.15) is 15.9 Å². The van der Waals surface area contributed by atoms with Gasteiger partial charge in [-0.3, -0.25) is 4.79 Å². The van der Waals surface area contributed by atoms with E-state index in [1.165, 1.54) is 7.11 Å². The second kappa shape index (κ2) is 6.26. The number of hydrogen-bond donors (Lipinski definition) is 1. The third kappa shape index (κ3) is 3.31. The Kier molecular flexibility index (Phi) is 4.42. The maximum absolute atomic E-state index is 12.3. The number of benzene rings is 1. The number of methoxy groups -OCH3 is 1. The number of amides is 1. The van der Waals surface area contributed by atoms with Gasteiger partial charge >= 0.3 is 0 Å². The van der Waals surface area contributed by atoms with Crippen molar-refractivity contribution in [2.75, 3.05) is 31.4 Å². The second-order valence-corrected chi connectivity index (χ2v) is 4.91. The molecule has 0 spiro atoms.